The number of alkyl halides is 3. The zero-order valence-corrected chi connectivity index (χ0v) is 25.1. The number of amides is 1. The number of nitrogens with zero attached hydrogens (tertiary/aromatic N) is 1. The number of rotatable bonds is 12. The zero-order chi connectivity index (χ0) is 31.9. The van der Waals surface area contributed by atoms with Crippen LogP contribution in [0.3, 0.4) is 0 Å². The van der Waals surface area contributed by atoms with E-state index in [0.29, 0.717) is 30.6 Å². The topological polar surface area (TPSA) is 117 Å². The molecule has 0 unspecified atom stereocenters. The van der Waals surface area contributed by atoms with Crippen LogP contribution in [0.4, 0.5) is 28.9 Å². The van der Waals surface area contributed by atoms with Gasteiger partial charge in [0, 0.05) is 31.9 Å². The molecule has 2 atom stereocenters. The molecule has 1 saturated heterocycles. The van der Waals surface area contributed by atoms with E-state index in [0.717, 1.165) is 17.7 Å². The van der Waals surface area contributed by atoms with Crippen LogP contribution in [-0.2, 0) is 19.1 Å². The van der Waals surface area contributed by atoms with Crippen LogP contribution >= 0.6 is 10.8 Å². The summed E-state index contributed by atoms with van der Waals surface area (Å²) in [6, 6.07) is 15.8. The van der Waals surface area contributed by atoms with Crippen LogP contribution in [0.15, 0.2) is 66.7 Å². The van der Waals surface area contributed by atoms with E-state index < -0.39 is 46.4 Å². The molecule has 0 radical (unpaired) electrons. The number of hydrogen-bond acceptors (Lipinski definition) is 7. The van der Waals surface area contributed by atoms with E-state index >= 15 is 4.39 Å². The number of benzene rings is 3. The van der Waals surface area contributed by atoms with Gasteiger partial charge >= 0.3 is 6.18 Å². The van der Waals surface area contributed by atoms with E-state index in [-0.39, 0.29) is 43.1 Å². The summed E-state index contributed by atoms with van der Waals surface area (Å²) in [7, 11) is -3.27. The molecule has 1 aliphatic rings. The maximum absolute atomic E-state index is 16.0. The van der Waals surface area contributed by atoms with Crippen molar-refractivity contribution in [2.24, 2.45) is 0 Å². The summed E-state index contributed by atoms with van der Waals surface area (Å²) in [6.07, 6.45) is -4.28. The van der Waals surface area contributed by atoms with Crippen LogP contribution in [0.25, 0.3) is 0 Å². The first-order valence-corrected chi connectivity index (χ1v) is 16.1. The van der Waals surface area contributed by atoms with Crippen LogP contribution in [-0.4, -0.2) is 57.7 Å². The predicted octanol–water partition coefficient (Wildman–Crippen LogP) is 6.03. The Bertz CT molecular complexity index is 1410. The Morgan fingerprint density at radius 2 is 1.75 bits per heavy atom. The van der Waals surface area contributed by atoms with Gasteiger partial charge in [0.05, 0.1) is 34.7 Å². The maximum atomic E-state index is 16.0. The minimum atomic E-state index is -4.48. The van der Waals surface area contributed by atoms with E-state index in [1.54, 1.807) is 12.1 Å². The smallest absolute Gasteiger partial charge is 0.390 e. The highest BCUT2D eigenvalue weighted by Crippen LogP contribution is 2.51. The molecular formula is C31H38F4N4O4S. The highest BCUT2D eigenvalue weighted by molar-refractivity contribution is 8.25. The number of aliphatic hydroxyl groups is 1. The fraction of sp³-hybridized carbons (Fsp3) is 0.387. The molecule has 6 N–H and O–H groups in total. The van der Waals surface area contributed by atoms with Gasteiger partial charge in [0.15, 0.2) is 5.82 Å². The second kappa shape index (κ2) is 14.6. The van der Waals surface area contributed by atoms with E-state index in [1.807, 2.05) is 25.1 Å². The van der Waals surface area contributed by atoms with Gasteiger partial charge in [-0.15, -0.1) is 10.8 Å². The van der Waals surface area contributed by atoms with Gasteiger partial charge in [-0.25, -0.2) is 4.39 Å². The van der Waals surface area contributed by atoms with Crippen LogP contribution in [0.2, 0.25) is 0 Å². The van der Waals surface area contributed by atoms with E-state index in [2.05, 4.69) is 16.0 Å². The Hall–Kier alpha value is -3.36. The van der Waals surface area contributed by atoms with Crippen molar-refractivity contribution >= 4 is 28.1 Å². The van der Waals surface area contributed by atoms with Crippen LogP contribution in [0, 0.1) is 5.82 Å². The van der Waals surface area contributed by atoms with Crippen molar-refractivity contribution in [2.75, 3.05) is 35.0 Å². The third-order valence-electron chi connectivity index (χ3n) is 7.35. The van der Waals surface area contributed by atoms with Gasteiger partial charge in [0.2, 0.25) is 0 Å². The molecular weight excluding hydrogens is 600 g/mol. The fourth-order valence-electron chi connectivity index (χ4n) is 5.11. The number of anilines is 2. The number of aliphatic hydroxyl groups excluding tert-OH is 1. The second-order valence-corrected chi connectivity index (χ2v) is 12.8. The summed E-state index contributed by atoms with van der Waals surface area (Å²) in [5.41, 5.74) is 0.364. The van der Waals surface area contributed by atoms with Crippen molar-refractivity contribution in [3.8, 4) is 0 Å². The Morgan fingerprint density at radius 3 is 2.43 bits per heavy atom. The third kappa shape index (κ3) is 8.63. The Kier molecular flexibility index (Phi) is 11.1. The number of nitrogens with one attached hydrogen (secondary N) is 3. The Balaban J connectivity index is 1.55. The molecule has 3 aromatic rings. The van der Waals surface area contributed by atoms with Gasteiger partial charge in [-0.1, -0.05) is 48.5 Å². The van der Waals surface area contributed by atoms with Crippen LogP contribution < -0.4 is 20.3 Å². The standard InChI is InChI=1S/C31H38F4N4O4S/c1-2-37-24-17-25(29(32)27(18-24)39-13-6-7-14-44(39,42)43)30(41)38-26(16-21-9-4-3-5-10-21)28(40)20-36-19-22-11-8-12-23(15-22)31(33,34)35/h3-5,8-12,15,17-18,26,28,36-37,40,42-43H,2,6-7,13-14,16,19-20H2,1H3,(H,38,41)/t26-,28-/m0/s1. The average molecular weight is 639 g/mol. The molecule has 0 aromatic heterocycles. The second-order valence-electron chi connectivity index (χ2n) is 10.7. The largest absolute Gasteiger partial charge is 0.416 e. The molecule has 240 valence electrons. The maximum Gasteiger partial charge on any atom is 0.416 e. The molecule has 13 heteroatoms. The SMILES string of the molecule is CCNc1cc(C(=O)N[C@@H](Cc2ccccc2)[C@@H](O)CNCc2cccc(C(F)(F)F)c2)c(F)c(N2CCCCS2(O)O)c1. The molecule has 4 rings (SSSR count). The highest BCUT2D eigenvalue weighted by Gasteiger charge is 2.33. The van der Waals surface area contributed by atoms with Crippen molar-refractivity contribution < 1.29 is 36.6 Å². The Labute approximate surface area is 256 Å². The summed E-state index contributed by atoms with van der Waals surface area (Å²) in [6.45, 7) is 2.47. The lowest BCUT2D eigenvalue weighted by Gasteiger charge is -2.47. The number of carbonyl (C=O) groups is 1. The first-order valence-electron chi connectivity index (χ1n) is 14.4. The number of hydrogen-bond donors (Lipinski definition) is 6. The van der Waals surface area contributed by atoms with E-state index in [9.17, 15) is 32.2 Å². The fourth-order valence-corrected chi connectivity index (χ4v) is 6.79. The molecule has 1 amide bonds. The lowest BCUT2D eigenvalue weighted by molar-refractivity contribution is -0.137. The molecule has 3 aromatic carbocycles. The third-order valence-corrected chi connectivity index (χ3v) is 9.27. The molecule has 0 spiro atoms. The van der Waals surface area contributed by atoms with Gasteiger partial charge in [-0.3, -0.25) is 18.2 Å². The van der Waals surface area contributed by atoms with E-state index in [1.165, 1.54) is 28.6 Å². The van der Waals surface area contributed by atoms with Crippen molar-refractivity contribution in [1.29, 1.82) is 0 Å². The molecule has 44 heavy (non-hydrogen) atoms. The quantitative estimate of drug-likeness (QED) is 0.134. The highest BCUT2D eigenvalue weighted by atomic mass is 32.3. The van der Waals surface area contributed by atoms with Crippen LogP contribution in [0.5, 0.6) is 0 Å². The minimum Gasteiger partial charge on any atom is -0.390 e. The summed E-state index contributed by atoms with van der Waals surface area (Å²) in [4.78, 5) is 13.6. The summed E-state index contributed by atoms with van der Waals surface area (Å²) < 4.78 is 77.8. The Morgan fingerprint density at radius 1 is 1.02 bits per heavy atom. The van der Waals surface area contributed by atoms with Crippen molar-refractivity contribution in [1.82, 2.24) is 10.6 Å². The average Bonchev–Trinajstić information content (AvgIpc) is 2.98. The monoisotopic (exact) mass is 638 g/mol. The van der Waals surface area contributed by atoms with Crippen molar-refractivity contribution in [3.05, 3.63) is 94.8 Å². The molecule has 1 heterocycles. The minimum absolute atomic E-state index is 0.0396. The van der Waals surface area contributed by atoms with Gasteiger partial charge in [0.25, 0.3) is 5.91 Å². The molecule has 0 aliphatic carbocycles. The molecule has 1 aliphatic heterocycles. The number of halogens is 4. The molecule has 0 saturated carbocycles. The van der Waals surface area contributed by atoms with Gasteiger partial charge in [0.1, 0.15) is 0 Å². The summed E-state index contributed by atoms with van der Waals surface area (Å²) in [5, 5.41) is 19.9. The van der Waals surface area contributed by atoms with E-state index in [4.69, 9.17) is 0 Å². The van der Waals surface area contributed by atoms with Gasteiger partial charge in [-0.05, 0) is 55.5 Å². The summed E-state index contributed by atoms with van der Waals surface area (Å²) in [5.74, 6) is -1.63. The normalized spacial score (nSPS) is 17.0. The van der Waals surface area contributed by atoms with Gasteiger partial charge in [-0.2, -0.15) is 13.2 Å². The van der Waals surface area contributed by atoms with Crippen molar-refractivity contribution in [3.63, 3.8) is 0 Å². The molecule has 8 nitrogen and oxygen atoms in total. The number of carbonyl (C=O) groups excluding carboxylic acids is 1. The van der Waals surface area contributed by atoms with Crippen LogP contribution in [0.1, 0.15) is 46.8 Å². The first kappa shape index (κ1) is 33.5. The van der Waals surface area contributed by atoms with Crippen molar-refractivity contribution in [2.45, 2.75) is 51.1 Å². The first-order chi connectivity index (χ1) is 20.9. The predicted molar refractivity (Wildman–Crippen MR) is 165 cm³/mol. The summed E-state index contributed by atoms with van der Waals surface area (Å²) >= 11 is 0. The lowest BCUT2D eigenvalue weighted by Crippen LogP contribution is -2.49. The zero-order valence-electron chi connectivity index (χ0n) is 24.3. The molecule has 1 fully saturated rings. The lowest BCUT2D eigenvalue weighted by atomic mass is 10.00. The van der Waals surface area contributed by atoms with Gasteiger partial charge < -0.3 is 21.1 Å². The molecule has 0 bridgehead atoms.